The minimum atomic E-state index is -1.34. The maximum atomic E-state index is 10.1. The Morgan fingerprint density at radius 3 is 2.67 bits per heavy atom. The summed E-state index contributed by atoms with van der Waals surface area (Å²) in [5.41, 5.74) is 0. The van der Waals surface area contributed by atoms with Gasteiger partial charge in [-0.3, -0.25) is 0 Å². The third kappa shape index (κ3) is 5.92. The van der Waals surface area contributed by atoms with E-state index >= 15 is 0 Å². The van der Waals surface area contributed by atoms with Crippen LogP contribution in [0.2, 0.25) is 0 Å². The third-order valence-electron chi connectivity index (χ3n) is 1.55. The lowest BCUT2D eigenvalue weighted by Gasteiger charge is -1.96. The number of hydrogen-bond donors (Lipinski definition) is 2. The zero-order chi connectivity index (χ0) is 9.40. The fourth-order valence-electron chi connectivity index (χ4n) is 0.820. The van der Waals surface area contributed by atoms with Gasteiger partial charge in [0.15, 0.2) is 6.10 Å². The van der Waals surface area contributed by atoms with E-state index < -0.39 is 12.1 Å². The standard InChI is InChI=1S/C9H16O3/c1-2-3-4-5-6-7-8(10)9(11)12/h6-8,10H,2-5H2,1H3,(H,11,12)/b7-6-. The van der Waals surface area contributed by atoms with Crippen molar-refractivity contribution in [3.63, 3.8) is 0 Å². The normalized spacial score (nSPS) is 13.5. The second-order valence-electron chi connectivity index (χ2n) is 2.71. The van der Waals surface area contributed by atoms with Gasteiger partial charge in [-0.2, -0.15) is 0 Å². The molecule has 0 aliphatic rings. The largest absolute Gasteiger partial charge is 0.479 e. The molecule has 0 saturated heterocycles. The number of aliphatic hydroxyl groups is 1. The van der Waals surface area contributed by atoms with E-state index in [0.29, 0.717) is 0 Å². The molecule has 0 saturated carbocycles. The highest BCUT2D eigenvalue weighted by Gasteiger charge is 2.06. The van der Waals surface area contributed by atoms with Crippen molar-refractivity contribution >= 4 is 5.97 Å². The molecule has 0 aromatic carbocycles. The van der Waals surface area contributed by atoms with Gasteiger partial charge in [-0.05, 0) is 18.9 Å². The Morgan fingerprint density at radius 2 is 2.17 bits per heavy atom. The van der Waals surface area contributed by atoms with Crippen LogP contribution in [0.4, 0.5) is 0 Å². The van der Waals surface area contributed by atoms with Crippen molar-refractivity contribution in [1.82, 2.24) is 0 Å². The fourth-order valence-corrected chi connectivity index (χ4v) is 0.820. The van der Waals surface area contributed by atoms with Gasteiger partial charge in [-0.25, -0.2) is 4.79 Å². The first-order valence-electron chi connectivity index (χ1n) is 4.26. The number of carbonyl (C=O) groups is 1. The summed E-state index contributed by atoms with van der Waals surface area (Å²) in [6.07, 6.45) is 5.89. The van der Waals surface area contributed by atoms with Gasteiger partial charge in [-0.1, -0.05) is 25.8 Å². The van der Waals surface area contributed by atoms with Crippen LogP contribution in [-0.4, -0.2) is 22.3 Å². The number of rotatable bonds is 6. The van der Waals surface area contributed by atoms with Crippen LogP contribution in [0.15, 0.2) is 12.2 Å². The zero-order valence-electron chi connectivity index (χ0n) is 7.36. The van der Waals surface area contributed by atoms with Crippen molar-refractivity contribution in [2.45, 2.75) is 38.7 Å². The monoisotopic (exact) mass is 172 g/mol. The van der Waals surface area contributed by atoms with E-state index in [4.69, 9.17) is 10.2 Å². The SMILES string of the molecule is CCCCC/C=C\C(O)C(=O)O. The molecule has 0 fully saturated rings. The van der Waals surface area contributed by atoms with E-state index in [-0.39, 0.29) is 0 Å². The Hall–Kier alpha value is -0.830. The Morgan fingerprint density at radius 1 is 1.50 bits per heavy atom. The van der Waals surface area contributed by atoms with Crippen LogP contribution in [-0.2, 0) is 4.79 Å². The molecule has 70 valence electrons. The fraction of sp³-hybridized carbons (Fsp3) is 0.667. The van der Waals surface area contributed by atoms with Gasteiger partial charge < -0.3 is 10.2 Å². The van der Waals surface area contributed by atoms with Crippen LogP contribution in [0.5, 0.6) is 0 Å². The highest BCUT2D eigenvalue weighted by molar-refractivity contribution is 5.74. The minimum absolute atomic E-state index is 0.845. The zero-order valence-corrected chi connectivity index (χ0v) is 7.36. The highest BCUT2D eigenvalue weighted by atomic mass is 16.4. The Balaban J connectivity index is 3.41. The van der Waals surface area contributed by atoms with Gasteiger partial charge in [0.25, 0.3) is 0 Å². The smallest absolute Gasteiger partial charge is 0.336 e. The van der Waals surface area contributed by atoms with Crippen molar-refractivity contribution in [2.24, 2.45) is 0 Å². The van der Waals surface area contributed by atoms with E-state index in [2.05, 4.69) is 6.92 Å². The summed E-state index contributed by atoms with van der Waals surface area (Å²) in [7, 11) is 0. The van der Waals surface area contributed by atoms with Crippen LogP contribution in [0.1, 0.15) is 32.6 Å². The minimum Gasteiger partial charge on any atom is -0.479 e. The maximum Gasteiger partial charge on any atom is 0.336 e. The van der Waals surface area contributed by atoms with Crippen LogP contribution >= 0.6 is 0 Å². The first kappa shape index (κ1) is 11.2. The van der Waals surface area contributed by atoms with E-state index in [0.717, 1.165) is 25.7 Å². The molecule has 0 aliphatic heterocycles. The molecule has 0 amide bonds. The molecule has 2 N–H and O–H groups in total. The molecule has 0 spiro atoms. The van der Waals surface area contributed by atoms with E-state index in [1.54, 1.807) is 6.08 Å². The van der Waals surface area contributed by atoms with Crippen molar-refractivity contribution < 1.29 is 15.0 Å². The van der Waals surface area contributed by atoms with Crippen molar-refractivity contribution in [3.8, 4) is 0 Å². The lowest BCUT2D eigenvalue weighted by molar-refractivity contribution is -0.144. The molecule has 0 aliphatic carbocycles. The predicted molar refractivity (Wildman–Crippen MR) is 46.9 cm³/mol. The molecule has 12 heavy (non-hydrogen) atoms. The Kier molecular flexibility index (Phi) is 6.38. The third-order valence-corrected chi connectivity index (χ3v) is 1.55. The lowest BCUT2D eigenvalue weighted by atomic mass is 10.2. The average Bonchev–Trinajstić information content (AvgIpc) is 2.03. The van der Waals surface area contributed by atoms with Crippen LogP contribution in [0.3, 0.4) is 0 Å². The maximum absolute atomic E-state index is 10.1. The Bertz CT molecular complexity index is 152. The molecule has 0 aromatic heterocycles. The van der Waals surface area contributed by atoms with Crippen molar-refractivity contribution in [3.05, 3.63) is 12.2 Å². The van der Waals surface area contributed by atoms with Gasteiger partial charge in [0.2, 0.25) is 0 Å². The topological polar surface area (TPSA) is 57.5 Å². The number of carboxylic acid groups (broad SMARTS) is 1. The molecular formula is C9H16O3. The number of allylic oxidation sites excluding steroid dienone is 1. The van der Waals surface area contributed by atoms with Gasteiger partial charge in [0.1, 0.15) is 0 Å². The number of unbranched alkanes of at least 4 members (excludes halogenated alkanes) is 3. The van der Waals surface area contributed by atoms with E-state index in [9.17, 15) is 4.79 Å². The molecule has 0 bridgehead atoms. The summed E-state index contributed by atoms with van der Waals surface area (Å²) in [6.45, 7) is 2.11. The summed E-state index contributed by atoms with van der Waals surface area (Å²) >= 11 is 0. The number of carboxylic acids is 1. The lowest BCUT2D eigenvalue weighted by Crippen LogP contribution is -2.15. The summed E-state index contributed by atoms with van der Waals surface area (Å²) in [6, 6.07) is 0. The van der Waals surface area contributed by atoms with Crippen LogP contribution < -0.4 is 0 Å². The van der Waals surface area contributed by atoms with Gasteiger partial charge in [0, 0.05) is 0 Å². The number of aliphatic carboxylic acids is 1. The van der Waals surface area contributed by atoms with E-state index in [1.165, 1.54) is 6.08 Å². The van der Waals surface area contributed by atoms with Gasteiger partial charge in [0.05, 0.1) is 0 Å². The molecule has 0 heterocycles. The van der Waals surface area contributed by atoms with E-state index in [1.807, 2.05) is 0 Å². The molecule has 0 rings (SSSR count). The summed E-state index contributed by atoms with van der Waals surface area (Å²) in [5.74, 6) is -1.19. The summed E-state index contributed by atoms with van der Waals surface area (Å²) in [4.78, 5) is 10.1. The molecule has 1 unspecified atom stereocenters. The first-order valence-corrected chi connectivity index (χ1v) is 4.26. The highest BCUT2D eigenvalue weighted by Crippen LogP contribution is 2.00. The number of aliphatic hydroxyl groups excluding tert-OH is 1. The predicted octanol–water partition coefficient (Wildman–Crippen LogP) is 1.57. The second kappa shape index (κ2) is 6.85. The molecular weight excluding hydrogens is 156 g/mol. The van der Waals surface area contributed by atoms with Crippen LogP contribution in [0.25, 0.3) is 0 Å². The molecule has 3 heteroatoms. The van der Waals surface area contributed by atoms with Gasteiger partial charge >= 0.3 is 5.97 Å². The van der Waals surface area contributed by atoms with Crippen LogP contribution in [0, 0.1) is 0 Å². The molecule has 3 nitrogen and oxygen atoms in total. The summed E-state index contributed by atoms with van der Waals surface area (Å²) in [5, 5.41) is 17.1. The molecule has 1 atom stereocenters. The average molecular weight is 172 g/mol. The van der Waals surface area contributed by atoms with Gasteiger partial charge in [-0.15, -0.1) is 0 Å². The quantitative estimate of drug-likeness (QED) is 0.472. The Labute approximate surface area is 72.7 Å². The van der Waals surface area contributed by atoms with Crippen molar-refractivity contribution in [1.29, 1.82) is 0 Å². The molecule has 0 aromatic rings. The second-order valence-corrected chi connectivity index (χ2v) is 2.71. The molecule has 0 radical (unpaired) electrons. The van der Waals surface area contributed by atoms with Crippen molar-refractivity contribution in [2.75, 3.05) is 0 Å². The first-order chi connectivity index (χ1) is 5.68. The summed E-state index contributed by atoms with van der Waals surface area (Å²) < 4.78 is 0. The number of hydrogen-bond acceptors (Lipinski definition) is 2.